The fourth-order valence-corrected chi connectivity index (χ4v) is 3.17. The zero-order valence-electron chi connectivity index (χ0n) is 14.7. The highest BCUT2D eigenvalue weighted by atomic mass is 16.3. The van der Waals surface area contributed by atoms with Crippen LogP contribution in [0.3, 0.4) is 0 Å². The minimum Gasteiger partial charge on any atom is -0.466 e. The van der Waals surface area contributed by atoms with Gasteiger partial charge in [0.1, 0.15) is 11.5 Å². The van der Waals surface area contributed by atoms with Gasteiger partial charge >= 0.3 is 0 Å². The molecule has 1 fully saturated rings. The van der Waals surface area contributed by atoms with Gasteiger partial charge in [-0.15, -0.1) is 0 Å². The highest BCUT2D eigenvalue weighted by molar-refractivity contribution is 5.91. The van der Waals surface area contributed by atoms with Crippen LogP contribution in [0.2, 0.25) is 0 Å². The SMILES string of the molecule is Cc1ccc(CCC(=O)Nc2ccccc2CN2CCC(O)CC2)o1. The summed E-state index contributed by atoms with van der Waals surface area (Å²) in [6, 6.07) is 11.8. The van der Waals surface area contributed by atoms with E-state index < -0.39 is 0 Å². The number of aliphatic hydroxyl groups is 1. The van der Waals surface area contributed by atoms with Crippen LogP contribution in [0.15, 0.2) is 40.8 Å². The summed E-state index contributed by atoms with van der Waals surface area (Å²) in [5.41, 5.74) is 1.98. The number of aliphatic hydroxyl groups excluding tert-OH is 1. The van der Waals surface area contributed by atoms with Crippen molar-refractivity contribution in [2.24, 2.45) is 0 Å². The minimum atomic E-state index is -0.170. The summed E-state index contributed by atoms with van der Waals surface area (Å²) >= 11 is 0. The van der Waals surface area contributed by atoms with Crippen LogP contribution >= 0.6 is 0 Å². The van der Waals surface area contributed by atoms with E-state index in [4.69, 9.17) is 4.42 Å². The van der Waals surface area contributed by atoms with Gasteiger partial charge in [-0.3, -0.25) is 9.69 Å². The van der Waals surface area contributed by atoms with E-state index >= 15 is 0 Å². The number of nitrogens with zero attached hydrogens (tertiary/aromatic N) is 1. The molecule has 0 aliphatic carbocycles. The van der Waals surface area contributed by atoms with E-state index in [9.17, 15) is 9.90 Å². The van der Waals surface area contributed by atoms with Gasteiger partial charge in [0.05, 0.1) is 6.10 Å². The molecule has 3 rings (SSSR count). The Bertz CT molecular complexity index is 702. The molecule has 5 heteroatoms. The lowest BCUT2D eigenvalue weighted by molar-refractivity contribution is -0.116. The molecule has 2 aromatic rings. The van der Waals surface area contributed by atoms with Gasteiger partial charge in [-0.1, -0.05) is 18.2 Å². The summed E-state index contributed by atoms with van der Waals surface area (Å²) < 4.78 is 5.51. The van der Waals surface area contributed by atoms with Crippen molar-refractivity contribution in [3.05, 3.63) is 53.5 Å². The van der Waals surface area contributed by atoms with Crippen LogP contribution in [0.25, 0.3) is 0 Å². The van der Waals surface area contributed by atoms with Crippen molar-refractivity contribution in [2.75, 3.05) is 18.4 Å². The fourth-order valence-electron chi connectivity index (χ4n) is 3.17. The van der Waals surface area contributed by atoms with Crippen LogP contribution in [-0.4, -0.2) is 35.1 Å². The first-order valence-electron chi connectivity index (χ1n) is 8.93. The maximum Gasteiger partial charge on any atom is 0.224 e. The summed E-state index contributed by atoms with van der Waals surface area (Å²) in [6.45, 7) is 4.47. The number of piperidine rings is 1. The Morgan fingerprint density at radius 1 is 1.24 bits per heavy atom. The zero-order valence-corrected chi connectivity index (χ0v) is 14.7. The lowest BCUT2D eigenvalue weighted by Crippen LogP contribution is -2.35. The Kier molecular flexibility index (Phi) is 5.89. The number of hydrogen-bond acceptors (Lipinski definition) is 4. The molecule has 1 amide bonds. The molecule has 0 spiro atoms. The standard InChI is InChI=1S/C20H26N2O3/c1-15-6-7-18(25-15)8-9-20(24)21-19-5-3-2-4-16(19)14-22-12-10-17(23)11-13-22/h2-7,17,23H,8-14H2,1H3,(H,21,24). The van der Waals surface area contributed by atoms with Crippen molar-refractivity contribution in [2.45, 2.75) is 45.3 Å². The molecular weight excluding hydrogens is 316 g/mol. The Hall–Kier alpha value is -2.11. The van der Waals surface area contributed by atoms with Crippen LogP contribution in [0.1, 0.15) is 36.3 Å². The first kappa shape index (κ1) is 17.7. The normalized spacial score (nSPS) is 16.1. The third-order valence-corrected chi connectivity index (χ3v) is 4.64. The average Bonchev–Trinajstić information content (AvgIpc) is 3.02. The van der Waals surface area contributed by atoms with Gasteiger partial charge in [0.15, 0.2) is 0 Å². The molecule has 25 heavy (non-hydrogen) atoms. The van der Waals surface area contributed by atoms with Gasteiger partial charge in [0.25, 0.3) is 0 Å². The smallest absolute Gasteiger partial charge is 0.224 e. The largest absolute Gasteiger partial charge is 0.466 e. The highest BCUT2D eigenvalue weighted by Gasteiger charge is 2.18. The van der Waals surface area contributed by atoms with E-state index in [1.165, 1.54) is 0 Å². The van der Waals surface area contributed by atoms with Crippen molar-refractivity contribution in [1.29, 1.82) is 0 Å². The fraction of sp³-hybridized carbons (Fsp3) is 0.450. The first-order chi connectivity index (χ1) is 12.1. The van der Waals surface area contributed by atoms with Gasteiger partial charge in [-0.25, -0.2) is 0 Å². The number of benzene rings is 1. The third-order valence-electron chi connectivity index (χ3n) is 4.64. The number of amides is 1. The van der Waals surface area contributed by atoms with Crippen molar-refractivity contribution < 1.29 is 14.3 Å². The molecule has 0 atom stereocenters. The lowest BCUT2D eigenvalue weighted by atomic mass is 10.1. The van der Waals surface area contributed by atoms with E-state index in [2.05, 4.69) is 16.3 Å². The molecule has 134 valence electrons. The van der Waals surface area contributed by atoms with Gasteiger partial charge in [0.2, 0.25) is 5.91 Å². The molecule has 1 aromatic carbocycles. The Labute approximate surface area is 148 Å². The Morgan fingerprint density at radius 3 is 2.72 bits per heavy atom. The maximum atomic E-state index is 12.3. The van der Waals surface area contributed by atoms with Crippen LogP contribution in [-0.2, 0) is 17.8 Å². The Morgan fingerprint density at radius 2 is 2.00 bits per heavy atom. The van der Waals surface area contributed by atoms with Gasteiger partial charge < -0.3 is 14.8 Å². The second kappa shape index (κ2) is 8.32. The van der Waals surface area contributed by atoms with Crippen molar-refractivity contribution in [3.8, 4) is 0 Å². The third kappa shape index (κ3) is 5.18. The first-order valence-corrected chi connectivity index (χ1v) is 8.93. The molecule has 0 unspecified atom stereocenters. The number of hydrogen-bond donors (Lipinski definition) is 2. The number of aryl methyl sites for hydroxylation is 2. The molecule has 1 aliphatic heterocycles. The average molecular weight is 342 g/mol. The highest BCUT2D eigenvalue weighted by Crippen LogP contribution is 2.20. The second-order valence-corrected chi connectivity index (χ2v) is 6.73. The molecule has 5 nitrogen and oxygen atoms in total. The van der Waals surface area contributed by atoms with E-state index in [0.29, 0.717) is 12.8 Å². The predicted molar refractivity (Wildman–Crippen MR) is 97.4 cm³/mol. The van der Waals surface area contributed by atoms with E-state index in [-0.39, 0.29) is 12.0 Å². The lowest BCUT2D eigenvalue weighted by Gasteiger charge is -2.30. The van der Waals surface area contributed by atoms with Gasteiger partial charge in [0, 0.05) is 38.2 Å². The molecule has 0 saturated carbocycles. The summed E-state index contributed by atoms with van der Waals surface area (Å²) in [6.07, 6.45) is 2.47. The molecule has 0 bridgehead atoms. The molecule has 2 heterocycles. The number of furan rings is 1. The topological polar surface area (TPSA) is 65.7 Å². The Balaban J connectivity index is 1.55. The summed E-state index contributed by atoms with van der Waals surface area (Å²) in [7, 11) is 0. The van der Waals surface area contributed by atoms with Crippen LogP contribution in [0.5, 0.6) is 0 Å². The molecule has 2 N–H and O–H groups in total. The summed E-state index contributed by atoms with van der Waals surface area (Å²) in [4.78, 5) is 14.6. The number of carbonyl (C=O) groups excluding carboxylic acids is 1. The summed E-state index contributed by atoms with van der Waals surface area (Å²) in [5.74, 6) is 1.70. The number of likely N-dealkylation sites (tertiary alicyclic amines) is 1. The monoisotopic (exact) mass is 342 g/mol. The quantitative estimate of drug-likeness (QED) is 0.846. The summed E-state index contributed by atoms with van der Waals surface area (Å²) in [5, 5.41) is 12.7. The molecule has 1 saturated heterocycles. The predicted octanol–water partition coefficient (Wildman–Crippen LogP) is 3.12. The van der Waals surface area contributed by atoms with Crippen LogP contribution < -0.4 is 5.32 Å². The number of anilines is 1. The van der Waals surface area contributed by atoms with Crippen molar-refractivity contribution >= 4 is 11.6 Å². The number of para-hydroxylation sites is 1. The van der Waals surface area contributed by atoms with Crippen molar-refractivity contribution in [1.82, 2.24) is 4.90 Å². The molecule has 0 radical (unpaired) electrons. The molecular formula is C20H26N2O3. The molecule has 1 aliphatic rings. The van der Waals surface area contributed by atoms with E-state index in [1.807, 2.05) is 37.3 Å². The molecule has 1 aromatic heterocycles. The number of nitrogens with one attached hydrogen (secondary N) is 1. The van der Waals surface area contributed by atoms with Crippen molar-refractivity contribution in [3.63, 3.8) is 0 Å². The van der Waals surface area contributed by atoms with E-state index in [1.54, 1.807) is 0 Å². The second-order valence-electron chi connectivity index (χ2n) is 6.73. The minimum absolute atomic E-state index is 0.00410. The number of rotatable bonds is 6. The van der Waals surface area contributed by atoms with E-state index in [0.717, 1.165) is 55.2 Å². The van der Waals surface area contributed by atoms with Crippen LogP contribution in [0.4, 0.5) is 5.69 Å². The number of carbonyl (C=O) groups is 1. The zero-order chi connectivity index (χ0) is 17.6. The maximum absolute atomic E-state index is 12.3. The van der Waals surface area contributed by atoms with Gasteiger partial charge in [-0.2, -0.15) is 0 Å². The van der Waals surface area contributed by atoms with Gasteiger partial charge in [-0.05, 0) is 43.5 Å². The van der Waals surface area contributed by atoms with Crippen LogP contribution in [0, 0.1) is 6.92 Å².